The molecule has 0 aromatic rings. The Kier molecular flexibility index (Phi) is 5.50. The minimum Gasteiger partial charge on any atom is -0.393 e. The number of aliphatic hydroxyl groups is 1. The molecule has 3 heteroatoms. The molecule has 3 saturated carbocycles. The lowest BCUT2D eigenvalue weighted by atomic mass is 9.47. The summed E-state index contributed by atoms with van der Waals surface area (Å²) in [6.07, 6.45) is 13.9. The molecular weight excluding hydrogens is 334 g/mol. The molecule has 0 aromatic heterocycles. The minimum absolute atomic E-state index is 0.0560. The van der Waals surface area contributed by atoms with Crippen molar-refractivity contribution >= 4 is 0 Å². The molecule has 0 aromatic carbocycles. The van der Waals surface area contributed by atoms with E-state index in [-0.39, 0.29) is 11.5 Å². The van der Waals surface area contributed by atoms with Gasteiger partial charge in [-0.3, -0.25) is 0 Å². The van der Waals surface area contributed by atoms with Crippen molar-refractivity contribution in [3.05, 3.63) is 11.6 Å². The lowest BCUT2D eigenvalue weighted by Crippen LogP contribution is -2.51. The first-order valence-corrected chi connectivity index (χ1v) is 11.5. The number of rotatable bonds is 5. The van der Waals surface area contributed by atoms with Gasteiger partial charge in [0.2, 0.25) is 0 Å². The summed E-state index contributed by atoms with van der Waals surface area (Å²) in [6.45, 7) is 6.94. The zero-order valence-electron chi connectivity index (χ0n) is 18.0. The summed E-state index contributed by atoms with van der Waals surface area (Å²) in [5.41, 5.74) is 2.29. The highest BCUT2D eigenvalue weighted by molar-refractivity contribution is 5.25. The first kappa shape index (κ1) is 19.9. The van der Waals surface area contributed by atoms with Gasteiger partial charge in [0.25, 0.3) is 0 Å². The zero-order valence-corrected chi connectivity index (χ0v) is 18.0. The molecule has 0 bridgehead atoms. The summed E-state index contributed by atoms with van der Waals surface area (Å²) < 4.78 is 6.23. The van der Waals surface area contributed by atoms with Gasteiger partial charge in [-0.25, -0.2) is 0 Å². The molecule has 4 aliphatic carbocycles. The standard InChI is InChI=1S/C24H41NO2/c1-23-12-10-18(27-15-5-14-25(3)4)16-17(23)6-7-19-20-8-9-22(26)24(20,2)13-11-21(19)23/h16,18-22,26H,5-15H2,1-4H3/t18-,19?,20?,21?,22?,23?,24?/m1/s1. The maximum atomic E-state index is 10.6. The second-order valence-corrected chi connectivity index (χ2v) is 10.8. The Hall–Kier alpha value is -0.380. The van der Waals surface area contributed by atoms with Crippen LogP contribution in [0.4, 0.5) is 0 Å². The van der Waals surface area contributed by atoms with Gasteiger partial charge in [0.05, 0.1) is 12.2 Å². The van der Waals surface area contributed by atoms with Gasteiger partial charge in [-0.2, -0.15) is 0 Å². The average Bonchev–Trinajstić information content (AvgIpc) is 2.94. The first-order chi connectivity index (χ1) is 12.8. The summed E-state index contributed by atoms with van der Waals surface area (Å²) in [4.78, 5) is 2.23. The van der Waals surface area contributed by atoms with E-state index in [2.05, 4.69) is 38.9 Å². The maximum Gasteiger partial charge on any atom is 0.0758 e. The van der Waals surface area contributed by atoms with Gasteiger partial charge in [-0.15, -0.1) is 0 Å². The lowest BCUT2D eigenvalue weighted by molar-refractivity contribution is -0.0780. The molecule has 0 spiro atoms. The van der Waals surface area contributed by atoms with Crippen LogP contribution in [0.25, 0.3) is 0 Å². The number of fused-ring (bicyclic) bond motifs is 5. The highest BCUT2D eigenvalue weighted by atomic mass is 16.5. The maximum absolute atomic E-state index is 10.6. The normalized spacial score (nSPS) is 46.6. The van der Waals surface area contributed by atoms with Gasteiger partial charge in [-0.1, -0.05) is 25.5 Å². The Bertz CT molecular complexity index is 573. The molecular formula is C24H41NO2. The highest BCUT2D eigenvalue weighted by Crippen LogP contribution is 2.65. The van der Waals surface area contributed by atoms with Crippen LogP contribution in [0.15, 0.2) is 11.6 Å². The van der Waals surface area contributed by atoms with Gasteiger partial charge < -0.3 is 14.7 Å². The van der Waals surface area contributed by atoms with E-state index in [1.807, 2.05) is 0 Å². The SMILES string of the molecule is CN(C)CCCO[C@H]1C=C2CCC3C(CCC4(C)C(O)CCC34)C2(C)CC1. The largest absolute Gasteiger partial charge is 0.393 e. The molecule has 7 atom stereocenters. The van der Waals surface area contributed by atoms with E-state index >= 15 is 0 Å². The second-order valence-electron chi connectivity index (χ2n) is 10.8. The summed E-state index contributed by atoms with van der Waals surface area (Å²) in [5.74, 6) is 2.42. The van der Waals surface area contributed by atoms with Crippen LogP contribution in [0.1, 0.15) is 71.6 Å². The molecule has 3 nitrogen and oxygen atoms in total. The van der Waals surface area contributed by atoms with Gasteiger partial charge in [0.15, 0.2) is 0 Å². The van der Waals surface area contributed by atoms with Crippen molar-refractivity contribution in [2.24, 2.45) is 28.6 Å². The topological polar surface area (TPSA) is 32.7 Å². The Morgan fingerprint density at radius 2 is 1.89 bits per heavy atom. The van der Waals surface area contributed by atoms with Crippen molar-refractivity contribution in [1.82, 2.24) is 4.90 Å². The van der Waals surface area contributed by atoms with Crippen LogP contribution < -0.4 is 0 Å². The van der Waals surface area contributed by atoms with Crippen molar-refractivity contribution in [2.45, 2.75) is 83.8 Å². The molecule has 0 saturated heterocycles. The highest BCUT2D eigenvalue weighted by Gasteiger charge is 2.58. The van der Waals surface area contributed by atoms with Crippen LogP contribution in [-0.2, 0) is 4.74 Å². The van der Waals surface area contributed by atoms with Gasteiger partial charge in [0.1, 0.15) is 0 Å². The fraction of sp³-hybridized carbons (Fsp3) is 0.917. The van der Waals surface area contributed by atoms with E-state index in [1.165, 1.54) is 44.9 Å². The van der Waals surface area contributed by atoms with Crippen molar-refractivity contribution in [1.29, 1.82) is 0 Å². The van der Waals surface area contributed by atoms with E-state index in [4.69, 9.17) is 4.74 Å². The molecule has 1 N–H and O–H groups in total. The quantitative estimate of drug-likeness (QED) is 0.561. The van der Waals surface area contributed by atoms with Crippen molar-refractivity contribution in [3.63, 3.8) is 0 Å². The molecule has 154 valence electrons. The van der Waals surface area contributed by atoms with E-state index in [9.17, 15) is 5.11 Å². The van der Waals surface area contributed by atoms with Gasteiger partial charge >= 0.3 is 0 Å². The fourth-order valence-corrected chi connectivity index (χ4v) is 7.42. The Labute approximate surface area is 166 Å². The molecule has 6 unspecified atom stereocenters. The first-order valence-electron chi connectivity index (χ1n) is 11.5. The van der Waals surface area contributed by atoms with Crippen LogP contribution in [0.3, 0.4) is 0 Å². The Balaban J connectivity index is 1.43. The third-order valence-corrected chi connectivity index (χ3v) is 9.10. The molecule has 27 heavy (non-hydrogen) atoms. The van der Waals surface area contributed by atoms with Crippen LogP contribution in [-0.4, -0.2) is 49.5 Å². The van der Waals surface area contributed by atoms with E-state index in [1.54, 1.807) is 5.57 Å². The Morgan fingerprint density at radius 3 is 2.67 bits per heavy atom. The second kappa shape index (κ2) is 7.46. The molecule has 0 radical (unpaired) electrons. The van der Waals surface area contributed by atoms with Crippen LogP contribution in [0.2, 0.25) is 0 Å². The molecule has 0 amide bonds. The molecule has 4 rings (SSSR count). The summed E-state index contributed by atoms with van der Waals surface area (Å²) in [7, 11) is 4.26. The predicted molar refractivity (Wildman–Crippen MR) is 111 cm³/mol. The smallest absolute Gasteiger partial charge is 0.0758 e. The summed E-state index contributed by atoms with van der Waals surface area (Å²) in [6, 6.07) is 0. The van der Waals surface area contributed by atoms with Crippen molar-refractivity contribution in [3.8, 4) is 0 Å². The fourth-order valence-electron chi connectivity index (χ4n) is 7.42. The molecule has 0 heterocycles. The van der Waals surface area contributed by atoms with Crippen LogP contribution >= 0.6 is 0 Å². The average molecular weight is 376 g/mol. The van der Waals surface area contributed by atoms with Crippen molar-refractivity contribution < 1.29 is 9.84 Å². The van der Waals surface area contributed by atoms with E-state index in [0.29, 0.717) is 11.5 Å². The molecule has 3 fully saturated rings. The number of ether oxygens (including phenoxy) is 1. The van der Waals surface area contributed by atoms with Gasteiger partial charge in [0, 0.05) is 6.61 Å². The summed E-state index contributed by atoms with van der Waals surface area (Å²) >= 11 is 0. The van der Waals surface area contributed by atoms with E-state index < -0.39 is 0 Å². The Morgan fingerprint density at radius 1 is 1.07 bits per heavy atom. The van der Waals surface area contributed by atoms with Crippen LogP contribution in [0.5, 0.6) is 0 Å². The number of aliphatic hydroxyl groups excluding tert-OH is 1. The molecule has 4 aliphatic rings. The monoisotopic (exact) mass is 375 g/mol. The zero-order chi connectivity index (χ0) is 19.2. The third-order valence-electron chi connectivity index (χ3n) is 9.10. The minimum atomic E-state index is -0.0560. The number of nitrogens with zero attached hydrogens (tertiary/aromatic N) is 1. The number of allylic oxidation sites excluding steroid dienone is 1. The van der Waals surface area contributed by atoms with Crippen LogP contribution in [0, 0.1) is 28.6 Å². The molecule has 0 aliphatic heterocycles. The van der Waals surface area contributed by atoms with E-state index in [0.717, 1.165) is 43.7 Å². The summed E-state index contributed by atoms with van der Waals surface area (Å²) in [5, 5.41) is 10.6. The van der Waals surface area contributed by atoms with Crippen molar-refractivity contribution in [2.75, 3.05) is 27.2 Å². The third kappa shape index (κ3) is 3.42. The lowest BCUT2D eigenvalue weighted by Gasteiger charge is -2.58. The number of hydrogen-bond acceptors (Lipinski definition) is 3. The van der Waals surface area contributed by atoms with Gasteiger partial charge in [-0.05, 0) is 107 Å². The predicted octanol–water partition coefficient (Wildman–Crippen LogP) is 4.65. The number of hydrogen-bond donors (Lipinski definition) is 1.